The topological polar surface area (TPSA) is 66.6 Å². The van der Waals surface area contributed by atoms with Crippen molar-refractivity contribution in [1.29, 1.82) is 0 Å². The van der Waals surface area contributed by atoms with Crippen LogP contribution in [0.1, 0.15) is 0 Å². The lowest BCUT2D eigenvalue weighted by Gasteiger charge is -2.33. The summed E-state index contributed by atoms with van der Waals surface area (Å²) >= 11 is 0. The van der Waals surface area contributed by atoms with Crippen LogP contribution < -0.4 is 5.73 Å². The van der Waals surface area contributed by atoms with E-state index in [1.54, 1.807) is 0 Å². The van der Waals surface area contributed by atoms with Gasteiger partial charge in [-0.2, -0.15) is 0 Å². The Balaban J connectivity index is 2.23. The summed E-state index contributed by atoms with van der Waals surface area (Å²) in [7, 11) is -2.82. The quantitative estimate of drug-likeness (QED) is 0.630. The highest BCUT2D eigenvalue weighted by molar-refractivity contribution is 7.90. The van der Waals surface area contributed by atoms with Crippen molar-refractivity contribution in [2.45, 2.75) is 0 Å². The number of sulfone groups is 1. The van der Waals surface area contributed by atoms with Crippen molar-refractivity contribution in [2.24, 2.45) is 5.73 Å². The lowest BCUT2D eigenvalue weighted by Crippen LogP contribution is -2.49. The average Bonchev–Trinajstić information content (AvgIpc) is 2.14. The number of hydrogen-bond donors (Lipinski definition) is 1. The van der Waals surface area contributed by atoms with E-state index >= 15 is 0 Å². The monoisotopic (exact) mass is 221 g/mol. The van der Waals surface area contributed by atoms with Crippen molar-refractivity contribution < 1.29 is 8.42 Å². The molecule has 0 spiro atoms. The Hall–Kier alpha value is -0.170. The van der Waals surface area contributed by atoms with Crippen molar-refractivity contribution in [2.75, 3.05) is 51.4 Å². The summed E-state index contributed by atoms with van der Waals surface area (Å²) in [5.74, 6) is 0.260. The summed E-state index contributed by atoms with van der Waals surface area (Å²) in [4.78, 5) is 4.34. The van der Waals surface area contributed by atoms with Gasteiger partial charge in [-0.05, 0) is 0 Å². The number of nitrogens with zero attached hydrogens (tertiary/aromatic N) is 2. The van der Waals surface area contributed by atoms with Gasteiger partial charge in [0.05, 0.1) is 5.75 Å². The Morgan fingerprint density at radius 3 is 2.07 bits per heavy atom. The smallest absolute Gasteiger partial charge is 0.148 e. The van der Waals surface area contributed by atoms with Crippen LogP contribution in [0.15, 0.2) is 0 Å². The number of rotatable bonds is 4. The van der Waals surface area contributed by atoms with Crippen molar-refractivity contribution in [3.63, 3.8) is 0 Å². The molecule has 0 aromatic carbocycles. The third-order valence-electron chi connectivity index (χ3n) is 2.50. The van der Waals surface area contributed by atoms with Gasteiger partial charge in [0.1, 0.15) is 9.84 Å². The lowest BCUT2D eigenvalue weighted by atomic mass is 10.3. The summed E-state index contributed by atoms with van der Waals surface area (Å²) in [6.45, 7) is 4.98. The van der Waals surface area contributed by atoms with E-state index in [2.05, 4.69) is 9.80 Å². The van der Waals surface area contributed by atoms with E-state index in [4.69, 9.17) is 5.73 Å². The molecular formula is C8H19N3O2S. The van der Waals surface area contributed by atoms with Crippen molar-refractivity contribution in [3.05, 3.63) is 0 Å². The zero-order valence-corrected chi connectivity index (χ0v) is 9.46. The van der Waals surface area contributed by atoms with E-state index in [1.807, 2.05) is 0 Å². The molecule has 5 nitrogen and oxygen atoms in total. The van der Waals surface area contributed by atoms with E-state index < -0.39 is 9.84 Å². The first kappa shape index (κ1) is 11.9. The van der Waals surface area contributed by atoms with Crippen LogP contribution in [0.5, 0.6) is 0 Å². The van der Waals surface area contributed by atoms with Crippen molar-refractivity contribution in [3.8, 4) is 0 Å². The predicted molar refractivity (Wildman–Crippen MR) is 56.8 cm³/mol. The van der Waals surface area contributed by atoms with Gasteiger partial charge in [-0.3, -0.25) is 9.80 Å². The molecule has 1 aliphatic rings. The normalized spacial score (nSPS) is 21.3. The first-order valence-corrected chi connectivity index (χ1v) is 6.90. The maximum atomic E-state index is 10.9. The van der Waals surface area contributed by atoms with Gasteiger partial charge in [-0.25, -0.2) is 8.42 Å². The highest BCUT2D eigenvalue weighted by atomic mass is 32.2. The molecule has 84 valence electrons. The highest BCUT2D eigenvalue weighted by Crippen LogP contribution is 2.00. The zero-order valence-electron chi connectivity index (χ0n) is 8.65. The summed E-state index contributed by atoms with van der Waals surface area (Å²) < 4.78 is 21.9. The molecular weight excluding hydrogens is 202 g/mol. The number of hydrogen-bond acceptors (Lipinski definition) is 5. The van der Waals surface area contributed by atoms with Gasteiger partial charge in [0.2, 0.25) is 0 Å². The SMILES string of the molecule is CS(=O)(=O)CCN1CCN(CN)CC1. The van der Waals surface area contributed by atoms with E-state index in [-0.39, 0.29) is 5.75 Å². The second kappa shape index (κ2) is 5.06. The van der Waals surface area contributed by atoms with E-state index in [1.165, 1.54) is 6.26 Å². The molecule has 1 saturated heterocycles. The van der Waals surface area contributed by atoms with Crippen LogP contribution in [-0.2, 0) is 9.84 Å². The van der Waals surface area contributed by atoms with Crippen molar-refractivity contribution in [1.82, 2.24) is 9.80 Å². The number of piperazine rings is 1. The molecule has 1 heterocycles. The third kappa shape index (κ3) is 4.36. The van der Waals surface area contributed by atoms with Crippen LogP contribution >= 0.6 is 0 Å². The van der Waals surface area contributed by atoms with E-state index in [9.17, 15) is 8.42 Å². The second-order valence-electron chi connectivity index (χ2n) is 3.77. The molecule has 1 aliphatic heterocycles. The Labute approximate surface area is 85.8 Å². The molecule has 0 saturated carbocycles. The van der Waals surface area contributed by atoms with Crippen LogP contribution in [0.3, 0.4) is 0 Å². The Morgan fingerprint density at radius 2 is 1.64 bits per heavy atom. The molecule has 0 amide bonds. The minimum atomic E-state index is -2.82. The van der Waals surface area contributed by atoms with E-state index in [0.29, 0.717) is 13.2 Å². The fraction of sp³-hybridized carbons (Fsp3) is 1.00. The van der Waals surface area contributed by atoms with Crippen LogP contribution in [-0.4, -0.2) is 69.6 Å². The molecule has 0 bridgehead atoms. The molecule has 0 unspecified atom stereocenters. The van der Waals surface area contributed by atoms with Gasteiger partial charge in [0.15, 0.2) is 0 Å². The molecule has 1 rings (SSSR count). The maximum Gasteiger partial charge on any atom is 0.148 e. The fourth-order valence-corrected chi connectivity index (χ4v) is 2.08. The Kier molecular flexibility index (Phi) is 4.31. The zero-order chi connectivity index (χ0) is 10.6. The molecule has 0 aliphatic carbocycles. The van der Waals surface area contributed by atoms with Crippen LogP contribution in [0.25, 0.3) is 0 Å². The minimum absolute atomic E-state index is 0.260. The summed E-state index contributed by atoms with van der Waals surface area (Å²) in [5, 5.41) is 0. The molecule has 14 heavy (non-hydrogen) atoms. The molecule has 2 N–H and O–H groups in total. The first-order chi connectivity index (χ1) is 6.51. The van der Waals surface area contributed by atoms with Gasteiger partial charge in [-0.1, -0.05) is 0 Å². The molecule has 0 atom stereocenters. The van der Waals surface area contributed by atoms with Crippen LogP contribution in [0, 0.1) is 0 Å². The van der Waals surface area contributed by atoms with Crippen molar-refractivity contribution >= 4 is 9.84 Å². The molecule has 1 fully saturated rings. The van der Waals surface area contributed by atoms with Gasteiger partial charge >= 0.3 is 0 Å². The summed E-state index contributed by atoms with van der Waals surface area (Å²) in [6.07, 6.45) is 1.28. The van der Waals surface area contributed by atoms with Gasteiger partial charge < -0.3 is 5.73 Å². The Morgan fingerprint density at radius 1 is 1.14 bits per heavy atom. The van der Waals surface area contributed by atoms with Crippen LogP contribution in [0.2, 0.25) is 0 Å². The summed E-state index contributed by atoms with van der Waals surface area (Å²) in [6, 6.07) is 0. The predicted octanol–water partition coefficient (Wildman–Crippen LogP) is -1.44. The standard InChI is InChI=1S/C8H19N3O2S/c1-14(12,13)7-6-10-2-4-11(8-9)5-3-10/h2-9H2,1H3. The fourth-order valence-electron chi connectivity index (χ4n) is 1.49. The lowest BCUT2D eigenvalue weighted by molar-refractivity contribution is 0.140. The maximum absolute atomic E-state index is 10.9. The van der Waals surface area contributed by atoms with E-state index in [0.717, 1.165) is 26.2 Å². The minimum Gasteiger partial charge on any atom is -0.318 e. The molecule has 0 aromatic rings. The van der Waals surface area contributed by atoms with Gasteiger partial charge in [-0.15, -0.1) is 0 Å². The van der Waals surface area contributed by atoms with Crippen LogP contribution in [0.4, 0.5) is 0 Å². The average molecular weight is 221 g/mol. The second-order valence-corrected chi connectivity index (χ2v) is 6.03. The third-order valence-corrected chi connectivity index (χ3v) is 3.43. The highest BCUT2D eigenvalue weighted by Gasteiger charge is 2.16. The molecule has 0 aromatic heterocycles. The Bertz CT molecular complexity index is 258. The largest absolute Gasteiger partial charge is 0.318 e. The number of nitrogens with two attached hydrogens (primary N) is 1. The van der Waals surface area contributed by atoms with Gasteiger partial charge in [0.25, 0.3) is 0 Å². The van der Waals surface area contributed by atoms with Gasteiger partial charge in [0, 0.05) is 45.6 Å². The first-order valence-electron chi connectivity index (χ1n) is 4.84. The summed E-state index contributed by atoms with van der Waals surface area (Å²) in [5.41, 5.74) is 5.50. The molecule has 0 radical (unpaired) electrons. The molecule has 6 heteroatoms.